The van der Waals surface area contributed by atoms with Crippen LogP contribution in [0.15, 0.2) is 30.6 Å². The van der Waals surface area contributed by atoms with E-state index in [1.54, 1.807) is 24.1 Å². The van der Waals surface area contributed by atoms with E-state index in [1.165, 1.54) is 6.07 Å². The molecule has 0 spiro atoms. The van der Waals surface area contributed by atoms with E-state index in [4.69, 9.17) is 0 Å². The van der Waals surface area contributed by atoms with Crippen LogP contribution in [0.2, 0.25) is 0 Å². The molecule has 5 heteroatoms. The third-order valence-electron chi connectivity index (χ3n) is 2.74. The first-order valence-corrected chi connectivity index (χ1v) is 5.78. The number of aryl methyl sites for hydroxylation is 1. The molecule has 2 aromatic rings. The van der Waals surface area contributed by atoms with Gasteiger partial charge in [0.2, 0.25) is 0 Å². The number of benzene rings is 1. The summed E-state index contributed by atoms with van der Waals surface area (Å²) in [6, 6.07) is 3.09. The fourth-order valence-electron chi connectivity index (χ4n) is 1.94. The SMILES string of the molecule is CCNC(c1cnn(C)c1)c1cc(F)ccc1F. The summed E-state index contributed by atoms with van der Waals surface area (Å²) in [5.74, 6) is -0.871. The average Bonchev–Trinajstić information content (AvgIpc) is 2.76. The molecular weight excluding hydrogens is 236 g/mol. The van der Waals surface area contributed by atoms with Crippen molar-refractivity contribution in [2.45, 2.75) is 13.0 Å². The molecule has 18 heavy (non-hydrogen) atoms. The summed E-state index contributed by atoms with van der Waals surface area (Å²) in [5.41, 5.74) is 1.11. The summed E-state index contributed by atoms with van der Waals surface area (Å²) >= 11 is 0. The van der Waals surface area contributed by atoms with Crippen molar-refractivity contribution in [1.82, 2.24) is 15.1 Å². The van der Waals surface area contributed by atoms with Crippen molar-refractivity contribution in [3.05, 3.63) is 53.4 Å². The molecule has 0 bridgehead atoms. The summed E-state index contributed by atoms with van der Waals surface area (Å²) in [7, 11) is 1.79. The monoisotopic (exact) mass is 251 g/mol. The molecule has 2 rings (SSSR count). The lowest BCUT2D eigenvalue weighted by Gasteiger charge is -2.17. The Morgan fingerprint density at radius 3 is 2.78 bits per heavy atom. The number of aromatic nitrogens is 2. The number of nitrogens with one attached hydrogen (secondary N) is 1. The van der Waals surface area contributed by atoms with E-state index < -0.39 is 11.6 Å². The van der Waals surface area contributed by atoms with Crippen LogP contribution in [0.3, 0.4) is 0 Å². The van der Waals surface area contributed by atoms with Gasteiger partial charge in [-0.05, 0) is 24.7 Å². The van der Waals surface area contributed by atoms with Gasteiger partial charge < -0.3 is 5.32 Å². The third kappa shape index (κ3) is 2.56. The molecule has 1 atom stereocenters. The Hall–Kier alpha value is -1.75. The van der Waals surface area contributed by atoms with E-state index >= 15 is 0 Å². The number of rotatable bonds is 4. The highest BCUT2D eigenvalue weighted by atomic mass is 19.1. The van der Waals surface area contributed by atoms with Crippen molar-refractivity contribution in [2.75, 3.05) is 6.54 Å². The summed E-state index contributed by atoms with van der Waals surface area (Å²) in [6.07, 6.45) is 3.44. The van der Waals surface area contributed by atoms with Gasteiger partial charge in [0.05, 0.1) is 12.2 Å². The van der Waals surface area contributed by atoms with E-state index in [-0.39, 0.29) is 6.04 Å². The lowest BCUT2D eigenvalue weighted by atomic mass is 10.0. The second-order valence-corrected chi connectivity index (χ2v) is 4.10. The first-order chi connectivity index (χ1) is 8.61. The van der Waals surface area contributed by atoms with Gasteiger partial charge >= 0.3 is 0 Å². The molecule has 1 unspecified atom stereocenters. The first-order valence-electron chi connectivity index (χ1n) is 5.78. The zero-order valence-electron chi connectivity index (χ0n) is 10.3. The largest absolute Gasteiger partial charge is 0.306 e. The highest BCUT2D eigenvalue weighted by Gasteiger charge is 2.19. The minimum Gasteiger partial charge on any atom is -0.306 e. The van der Waals surface area contributed by atoms with Crippen LogP contribution >= 0.6 is 0 Å². The Bertz CT molecular complexity index is 537. The number of hydrogen-bond acceptors (Lipinski definition) is 2. The van der Waals surface area contributed by atoms with Crippen LogP contribution in [0.1, 0.15) is 24.1 Å². The molecule has 0 aliphatic rings. The molecule has 1 N–H and O–H groups in total. The van der Waals surface area contributed by atoms with Crippen LogP contribution in [0, 0.1) is 11.6 Å². The topological polar surface area (TPSA) is 29.9 Å². The van der Waals surface area contributed by atoms with Crippen molar-refractivity contribution in [1.29, 1.82) is 0 Å². The van der Waals surface area contributed by atoms with Gasteiger partial charge in [-0.2, -0.15) is 5.10 Å². The second-order valence-electron chi connectivity index (χ2n) is 4.10. The van der Waals surface area contributed by atoms with Crippen LogP contribution in [0.5, 0.6) is 0 Å². The zero-order chi connectivity index (χ0) is 13.1. The molecule has 0 radical (unpaired) electrons. The molecule has 1 aromatic carbocycles. The molecule has 0 aliphatic carbocycles. The maximum Gasteiger partial charge on any atom is 0.128 e. The summed E-state index contributed by atoms with van der Waals surface area (Å²) in [5, 5.41) is 7.19. The molecule has 1 aromatic heterocycles. The molecule has 0 amide bonds. The molecule has 0 saturated heterocycles. The van der Waals surface area contributed by atoms with Crippen LogP contribution in [-0.4, -0.2) is 16.3 Å². The summed E-state index contributed by atoms with van der Waals surface area (Å²) in [4.78, 5) is 0. The summed E-state index contributed by atoms with van der Waals surface area (Å²) in [6.45, 7) is 2.57. The second kappa shape index (κ2) is 5.27. The number of nitrogens with zero attached hydrogens (tertiary/aromatic N) is 2. The maximum absolute atomic E-state index is 13.8. The van der Waals surface area contributed by atoms with Crippen molar-refractivity contribution in [3.8, 4) is 0 Å². The molecule has 96 valence electrons. The number of hydrogen-bond donors (Lipinski definition) is 1. The lowest BCUT2D eigenvalue weighted by molar-refractivity contribution is 0.544. The smallest absolute Gasteiger partial charge is 0.128 e. The Morgan fingerprint density at radius 1 is 1.39 bits per heavy atom. The molecule has 0 saturated carbocycles. The molecular formula is C13H15F2N3. The predicted molar refractivity (Wildman–Crippen MR) is 65.1 cm³/mol. The van der Waals surface area contributed by atoms with Crippen molar-refractivity contribution in [2.24, 2.45) is 7.05 Å². The lowest BCUT2D eigenvalue weighted by Crippen LogP contribution is -2.22. The van der Waals surface area contributed by atoms with Gasteiger partial charge in [-0.3, -0.25) is 4.68 Å². The van der Waals surface area contributed by atoms with Gasteiger partial charge in [0.25, 0.3) is 0 Å². The van der Waals surface area contributed by atoms with Crippen molar-refractivity contribution < 1.29 is 8.78 Å². The number of halogens is 2. The van der Waals surface area contributed by atoms with E-state index in [0.29, 0.717) is 12.1 Å². The first kappa shape index (κ1) is 12.7. The van der Waals surface area contributed by atoms with Crippen LogP contribution < -0.4 is 5.32 Å². The zero-order valence-corrected chi connectivity index (χ0v) is 10.3. The highest BCUT2D eigenvalue weighted by molar-refractivity contribution is 5.30. The standard InChI is InChI=1S/C13H15F2N3/c1-3-16-13(9-7-17-18(2)8-9)11-6-10(14)4-5-12(11)15/h4-8,13,16H,3H2,1-2H3. The van der Waals surface area contributed by atoms with Gasteiger partial charge in [0, 0.05) is 24.4 Å². The van der Waals surface area contributed by atoms with Crippen LogP contribution in [0.4, 0.5) is 8.78 Å². The summed E-state index contributed by atoms with van der Waals surface area (Å²) < 4.78 is 28.7. The van der Waals surface area contributed by atoms with Gasteiger partial charge in [-0.1, -0.05) is 6.92 Å². The van der Waals surface area contributed by atoms with Crippen LogP contribution in [-0.2, 0) is 7.05 Å². The molecule has 0 aliphatic heterocycles. The molecule has 0 fully saturated rings. The van der Waals surface area contributed by atoms with E-state index in [1.807, 2.05) is 6.92 Å². The Labute approximate surface area is 104 Å². The average molecular weight is 251 g/mol. The van der Waals surface area contributed by atoms with E-state index in [0.717, 1.165) is 17.7 Å². The van der Waals surface area contributed by atoms with Crippen LogP contribution in [0.25, 0.3) is 0 Å². The quantitative estimate of drug-likeness (QED) is 0.904. The molecule has 3 nitrogen and oxygen atoms in total. The fourth-order valence-corrected chi connectivity index (χ4v) is 1.94. The van der Waals surface area contributed by atoms with E-state index in [2.05, 4.69) is 10.4 Å². The maximum atomic E-state index is 13.8. The third-order valence-corrected chi connectivity index (χ3v) is 2.74. The minimum atomic E-state index is -0.446. The fraction of sp³-hybridized carbons (Fsp3) is 0.308. The minimum absolute atomic E-state index is 0.296. The Balaban J connectivity index is 2.44. The van der Waals surface area contributed by atoms with E-state index in [9.17, 15) is 8.78 Å². The Kier molecular flexibility index (Phi) is 3.72. The van der Waals surface area contributed by atoms with Gasteiger partial charge in [-0.15, -0.1) is 0 Å². The van der Waals surface area contributed by atoms with Crippen molar-refractivity contribution >= 4 is 0 Å². The predicted octanol–water partition coefficient (Wildman–Crippen LogP) is 2.40. The van der Waals surface area contributed by atoms with Gasteiger partial charge in [0.1, 0.15) is 11.6 Å². The van der Waals surface area contributed by atoms with Gasteiger partial charge in [0.15, 0.2) is 0 Å². The molecule has 1 heterocycles. The van der Waals surface area contributed by atoms with Gasteiger partial charge in [-0.25, -0.2) is 8.78 Å². The Morgan fingerprint density at radius 2 is 2.17 bits per heavy atom. The highest BCUT2D eigenvalue weighted by Crippen LogP contribution is 2.24. The normalized spacial score (nSPS) is 12.7. The van der Waals surface area contributed by atoms with Crippen molar-refractivity contribution in [3.63, 3.8) is 0 Å².